The number of aromatic nitrogens is 1. The average Bonchev–Trinajstić information content (AvgIpc) is 2.85. The van der Waals surface area contributed by atoms with Crippen LogP contribution in [0.2, 0.25) is 5.02 Å². The number of hydrogen-bond acceptors (Lipinski definition) is 4. The van der Waals surface area contributed by atoms with Crippen LogP contribution in [0.15, 0.2) is 60.7 Å². The van der Waals surface area contributed by atoms with Crippen molar-refractivity contribution in [2.24, 2.45) is 0 Å². The minimum atomic E-state index is -0.232. The van der Waals surface area contributed by atoms with E-state index in [4.69, 9.17) is 21.3 Å². The van der Waals surface area contributed by atoms with Gasteiger partial charge in [-0.15, -0.1) is 0 Å². The summed E-state index contributed by atoms with van der Waals surface area (Å²) in [5, 5.41) is 6.41. The number of benzene rings is 3. The van der Waals surface area contributed by atoms with Gasteiger partial charge in [0.25, 0.3) is 0 Å². The van der Waals surface area contributed by atoms with Crippen molar-refractivity contribution < 1.29 is 9.13 Å². The summed E-state index contributed by atoms with van der Waals surface area (Å²) in [7, 11) is 1.66. The van der Waals surface area contributed by atoms with Crippen LogP contribution >= 0.6 is 11.6 Å². The number of fused-ring (bicyclic) bond motifs is 2. The Morgan fingerprint density at radius 3 is 2.44 bits per heavy atom. The van der Waals surface area contributed by atoms with E-state index in [0.29, 0.717) is 5.02 Å². The molecule has 1 aromatic heterocycles. The zero-order chi connectivity index (χ0) is 24.1. The number of rotatable bonds is 10. The number of halogens is 2. The van der Waals surface area contributed by atoms with E-state index in [-0.39, 0.29) is 11.9 Å². The quantitative estimate of drug-likeness (QED) is 0.239. The molecule has 4 rings (SSSR count). The van der Waals surface area contributed by atoms with Crippen molar-refractivity contribution in [3.63, 3.8) is 0 Å². The van der Waals surface area contributed by atoms with Gasteiger partial charge in [-0.1, -0.05) is 37.6 Å². The highest BCUT2D eigenvalue weighted by Gasteiger charge is 2.17. The summed E-state index contributed by atoms with van der Waals surface area (Å²) in [5.41, 5.74) is 3.72. The van der Waals surface area contributed by atoms with Crippen LogP contribution in [0.1, 0.15) is 38.3 Å². The molecule has 3 aromatic carbocycles. The first kappa shape index (κ1) is 24.2. The molecular formula is C28H31ClFN3O. The van der Waals surface area contributed by atoms with Gasteiger partial charge in [-0.2, -0.15) is 0 Å². The van der Waals surface area contributed by atoms with Gasteiger partial charge in [0.1, 0.15) is 11.6 Å². The molecule has 1 N–H and O–H groups in total. The topological polar surface area (TPSA) is 37.4 Å². The fraction of sp³-hybridized carbons (Fsp3) is 0.321. The van der Waals surface area contributed by atoms with Gasteiger partial charge in [0, 0.05) is 15.8 Å². The third kappa shape index (κ3) is 5.43. The highest BCUT2D eigenvalue weighted by Crippen LogP contribution is 2.37. The Bertz CT molecular complexity index is 1260. The van der Waals surface area contributed by atoms with Crippen LogP contribution in [0.4, 0.5) is 10.1 Å². The largest absolute Gasteiger partial charge is 0.497 e. The standard InChI is InChI=1S/C28H31ClFN3O/c1-4-33(5-2)16-6-7-25(19-8-11-21(30)12-9-19)32-28-23-14-10-20(29)17-27(23)31-26-15-13-22(34-3)18-24(26)28/h8-15,17-18,25H,4-7,16H2,1-3H3,(H,31,32)/t25-/m0/s1. The van der Waals surface area contributed by atoms with Crippen molar-refractivity contribution in [2.75, 3.05) is 32.1 Å². The number of nitrogens with one attached hydrogen (secondary N) is 1. The molecule has 0 saturated carbocycles. The Hall–Kier alpha value is -2.89. The predicted molar refractivity (Wildman–Crippen MR) is 141 cm³/mol. The fourth-order valence-electron chi connectivity index (χ4n) is 4.43. The minimum absolute atomic E-state index is 0.00633. The lowest BCUT2D eigenvalue weighted by Gasteiger charge is -2.25. The van der Waals surface area contributed by atoms with Crippen LogP contribution in [0, 0.1) is 5.82 Å². The van der Waals surface area contributed by atoms with E-state index in [0.717, 1.165) is 71.3 Å². The number of hydrogen-bond donors (Lipinski definition) is 1. The second-order valence-corrected chi connectivity index (χ2v) is 8.89. The Labute approximate surface area is 205 Å². The van der Waals surface area contributed by atoms with E-state index in [1.54, 1.807) is 7.11 Å². The lowest BCUT2D eigenvalue weighted by molar-refractivity contribution is 0.294. The fourth-order valence-corrected chi connectivity index (χ4v) is 4.60. The van der Waals surface area contributed by atoms with Gasteiger partial charge in [0.15, 0.2) is 0 Å². The first-order valence-electron chi connectivity index (χ1n) is 11.8. The second kappa shape index (κ2) is 11.0. The van der Waals surface area contributed by atoms with Crippen molar-refractivity contribution in [1.29, 1.82) is 0 Å². The monoisotopic (exact) mass is 479 g/mol. The average molecular weight is 480 g/mol. The minimum Gasteiger partial charge on any atom is -0.497 e. The van der Waals surface area contributed by atoms with Gasteiger partial charge >= 0.3 is 0 Å². The summed E-state index contributed by atoms with van der Waals surface area (Å²) in [6.07, 6.45) is 1.93. The zero-order valence-electron chi connectivity index (χ0n) is 19.9. The van der Waals surface area contributed by atoms with Gasteiger partial charge in [-0.3, -0.25) is 0 Å². The van der Waals surface area contributed by atoms with Crippen LogP contribution in [-0.2, 0) is 0 Å². The predicted octanol–water partition coefficient (Wildman–Crippen LogP) is 7.46. The van der Waals surface area contributed by atoms with Gasteiger partial charge in [-0.05, 0) is 86.6 Å². The summed E-state index contributed by atoms with van der Waals surface area (Å²) in [6.45, 7) is 7.46. The smallest absolute Gasteiger partial charge is 0.123 e. The molecule has 0 aliphatic rings. The van der Waals surface area contributed by atoms with Crippen molar-refractivity contribution in [3.05, 3.63) is 77.1 Å². The van der Waals surface area contributed by atoms with Gasteiger partial charge in [-0.25, -0.2) is 9.37 Å². The van der Waals surface area contributed by atoms with E-state index in [2.05, 4.69) is 24.1 Å². The second-order valence-electron chi connectivity index (χ2n) is 8.45. The first-order chi connectivity index (χ1) is 16.5. The molecule has 0 aliphatic heterocycles. The maximum absolute atomic E-state index is 13.7. The Kier molecular flexibility index (Phi) is 7.86. The van der Waals surface area contributed by atoms with Gasteiger partial charge < -0.3 is 15.0 Å². The van der Waals surface area contributed by atoms with Crippen LogP contribution in [0.5, 0.6) is 5.75 Å². The maximum atomic E-state index is 13.7. The molecule has 0 unspecified atom stereocenters. The highest BCUT2D eigenvalue weighted by atomic mass is 35.5. The Balaban J connectivity index is 1.78. The number of ether oxygens (including phenoxy) is 1. The van der Waals surface area contributed by atoms with Crippen molar-refractivity contribution >= 4 is 39.1 Å². The number of methoxy groups -OCH3 is 1. The molecule has 0 saturated heterocycles. The molecule has 0 bridgehead atoms. The van der Waals surface area contributed by atoms with Crippen molar-refractivity contribution in [2.45, 2.75) is 32.7 Å². The number of nitrogens with zero attached hydrogens (tertiary/aromatic N) is 2. The van der Waals surface area contributed by atoms with Crippen LogP contribution in [0.3, 0.4) is 0 Å². The van der Waals surface area contributed by atoms with E-state index in [1.165, 1.54) is 12.1 Å². The van der Waals surface area contributed by atoms with Crippen LogP contribution < -0.4 is 10.1 Å². The SMILES string of the molecule is CCN(CC)CCC[C@H](Nc1c2ccc(Cl)cc2nc2ccc(OC)cc12)c1ccc(F)cc1. The maximum Gasteiger partial charge on any atom is 0.123 e. The van der Waals surface area contributed by atoms with Crippen molar-refractivity contribution in [3.8, 4) is 5.75 Å². The third-order valence-electron chi connectivity index (χ3n) is 6.40. The first-order valence-corrected chi connectivity index (χ1v) is 12.2. The van der Waals surface area contributed by atoms with E-state index < -0.39 is 0 Å². The molecule has 0 aliphatic carbocycles. The van der Waals surface area contributed by atoms with Gasteiger partial charge in [0.2, 0.25) is 0 Å². The zero-order valence-corrected chi connectivity index (χ0v) is 20.7. The molecule has 0 fully saturated rings. The Morgan fingerprint density at radius 1 is 0.971 bits per heavy atom. The number of anilines is 1. The van der Waals surface area contributed by atoms with Gasteiger partial charge in [0.05, 0.1) is 29.9 Å². The number of pyridine rings is 1. The molecule has 1 atom stereocenters. The summed E-state index contributed by atoms with van der Waals surface area (Å²) < 4.78 is 19.2. The summed E-state index contributed by atoms with van der Waals surface area (Å²) in [4.78, 5) is 7.26. The Morgan fingerprint density at radius 2 is 1.74 bits per heavy atom. The summed E-state index contributed by atoms with van der Waals surface area (Å²) in [6, 6.07) is 18.5. The van der Waals surface area contributed by atoms with E-state index in [9.17, 15) is 4.39 Å². The molecule has 0 radical (unpaired) electrons. The molecular weight excluding hydrogens is 449 g/mol. The lowest BCUT2D eigenvalue weighted by atomic mass is 9.99. The normalized spacial score (nSPS) is 12.4. The molecule has 1 heterocycles. The third-order valence-corrected chi connectivity index (χ3v) is 6.63. The molecule has 178 valence electrons. The molecule has 34 heavy (non-hydrogen) atoms. The van der Waals surface area contributed by atoms with Crippen molar-refractivity contribution in [1.82, 2.24) is 9.88 Å². The highest BCUT2D eigenvalue weighted by molar-refractivity contribution is 6.31. The van der Waals surface area contributed by atoms with E-state index >= 15 is 0 Å². The molecule has 0 spiro atoms. The lowest BCUT2D eigenvalue weighted by Crippen LogP contribution is -2.25. The molecule has 4 aromatic rings. The summed E-state index contributed by atoms with van der Waals surface area (Å²) >= 11 is 6.29. The summed E-state index contributed by atoms with van der Waals surface area (Å²) in [5.74, 6) is 0.537. The van der Waals surface area contributed by atoms with Crippen LogP contribution in [-0.4, -0.2) is 36.6 Å². The molecule has 6 heteroatoms. The van der Waals surface area contributed by atoms with E-state index in [1.807, 2.05) is 48.5 Å². The van der Waals surface area contributed by atoms with Crippen LogP contribution in [0.25, 0.3) is 21.8 Å². The molecule has 0 amide bonds. The molecule has 4 nitrogen and oxygen atoms in total.